The summed E-state index contributed by atoms with van der Waals surface area (Å²) in [5.41, 5.74) is 4.71. The Morgan fingerprint density at radius 3 is 2.50 bits per heavy atom. The first-order chi connectivity index (χ1) is 19.0. The lowest BCUT2D eigenvalue weighted by atomic mass is 10.1. The molecule has 1 fully saturated rings. The first-order valence-corrected chi connectivity index (χ1v) is 12.9. The van der Waals surface area contributed by atoms with Crippen LogP contribution >= 0.6 is 0 Å². The van der Waals surface area contributed by atoms with E-state index >= 15 is 4.39 Å². The van der Waals surface area contributed by atoms with E-state index in [0.717, 1.165) is 16.8 Å². The van der Waals surface area contributed by atoms with E-state index < -0.39 is 6.36 Å². The highest BCUT2D eigenvalue weighted by Gasteiger charge is 2.31. The minimum atomic E-state index is -4.74. The number of aryl methyl sites for hydroxylation is 2. The van der Waals surface area contributed by atoms with Crippen LogP contribution in [0.2, 0.25) is 0 Å². The standard InChI is InChI=1S/C29H29F4N5O2/c1-18-10-11-38-26(14-18)27(20(3)35-38)28(39)34-16-21-4-9-25(24(30)15-21)36-12-13-37(19(2)17-36)22-5-7-23(8-6-22)40-29(31,32)33/h4-11,14-15,19H,12-13,16-17H2,1-3H3,(H,34,39)/t19-/m1/s1. The van der Waals surface area contributed by atoms with Crippen molar-refractivity contribution in [2.75, 3.05) is 29.4 Å². The van der Waals surface area contributed by atoms with Gasteiger partial charge in [-0.2, -0.15) is 5.10 Å². The van der Waals surface area contributed by atoms with Crippen LogP contribution in [0.1, 0.15) is 34.1 Å². The number of nitrogens with one attached hydrogen (secondary N) is 1. The Morgan fingerprint density at radius 2 is 1.82 bits per heavy atom. The molecule has 1 aliphatic rings. The number of aromatic nitrogens is 2. The summed E-state index contributed by atoms with van der Waals surface area (Å²) in [6.07, 6.45) is -2.93. The average molecular weight is 556 g/mol. The van der Waals surface area contributed by atoms with Crippen LogP contribution in [0.4, 0.5) is 28.9 Å². The maximum Gasteiger partial charge on any atom is 0.573 e. The molecule has 0 unspecified atom stereocenters. The van der Waals surface area contributed by atoms with Crippen molar-refractivity contribution < 1.29 is 27.1 Å². The first-order valence-electron chi connectivity index (χ1n) is 12.9. The number of anilines is 2. The maximum absolute atomic E-state index is 15.2. The lowest BCUT2D eigenvalue weighted by molar-refractivity contribution is -0.274. The molecule has 210 valence electrons. The molecule has 4 aromatic rings. The lowest BCUT2D eigenvalue weighted by Crippen LogP contribution is -2.52. The molecule has 1 atom stereocenters. The van der Waals surface area contributed by atoms with E-state index in [1.807, 2.05) is 37.1 Å². The number of hydrogen-bond acceptors (Lipinski definition) is 5. The Labute approximate surface area is 229 Å². The molecule has 0 aliphatic carbocycles. The van der Waals surface area contributed by atoms with Crippen molar-refractivity contribution in [3.8, 4) is 5.75 Å². The van der Waals surface area contributed by atoms with E-state index in [1.54, 1.807) is 35.7 Å². The molecular formula is C29H29F4N5O2. The van der Waals surface area contributed by atoms with Crippen molar-refractivity contribution in [2.24, 2.45) is 0 Å². The van der Waals surface area contributed by atoms with Crippen LogP contribution in [0.25, 0.3) is 5.52 Å². The lowest BCUT2D eigenvalue weighted by Gasteiger charge is -2.42. The summed E-state index contributed by atoms with van der Waals surface area (Å²) in [5.74, 6) is -0.931. The molecule has 7 nitrogen and oxygen atoms in total. The molecule has 1 amide bonds. The summed E-state index contributed by atoms with van der Waals surface area (Å²) in [6, 6.07) is 14.5. The van der Waals surface area contributed by atoms with Crippen LogP contribution in [0, 0.1) is 19.7 Å². The van der Waals surface area contributed by atoms with Gasteiger partial charge >= 0.3 is 6.36 Å². The van der Waals surface area contributed by atoms with Crippen molar-refractivity contribution in [1.82, 2.24) is 14.9 Å². The third-order valence-electron chi connectivity index (χ3n) is 7.03. The molecule has 11 heteroatoms. The zero-order chi connectivity index (χ0) is 28.6. The number of hydrogen-bond donors (Lipinski definition) is 1. The topological polar surface area (TPSA) is 62.1 Å². The molecule has 1 aliphatic heterocycles. The van der Waals surface area contributed by atoms with Gasteiger partial charge in [0.1, 0.15) is 11.6 Å². The molecule has 0 spiro atoms. The van der Waals surface area contributed by atoms with Crippen molar-refractivity contribution in [3.63, 3.8) is 0 Å². The van der Waals surface area contributed by atoms with E-state index in [9.17, 15) is 18.0 Å². The summed E-state index contributed by atoms with van der Waals surface area (Å²) in [5, 5.41) is 7.27. The van der Waals surface area contributed by atoms with E-state index in [0.29, 0.717) is 42.1 Å². The van der Waals surface area contributed by atoms with Crippen molar-refractivity contribution >= 4 is 22.8 Å². The maximum atomic E-state index is 15.2. The number of pyridine rings is 1. The van der Waals surface area contributed by atoms with Gasteiger partial charge in [0.15, 0.2) is 0 Å². The molecule has 2 aromatic carbocycles. The number of carbonyl (C=O) groups is 1. The van der Waals surface area contributed by atoms with Crippen LogP contribution in [0.15, 0.2) is 60.8 Å². The van der Waals surface area contributed by atoms with Gasteiger partial charge in [-0.3, -0.25) is 4.79 Å². The highest BCUT2D eigenvalue weighted by molar-refractivity contribution is 6.02. The summed E-state index contributed by atoms with van der Waals surface area (Å²) in [4.78, 5) is 17.0. The van der Waals surface area contributed by atoms with Gasteiger partial charge in [-0.05, 0) is 80.4 Å². The van der Waals surface area contributed by atoms with Gasteiger partial charge in [-0.15, -0.1) is 13.2 Å². The number of carbonyl (C=O) groups excluding carboxylic acids is 1. The number of halogens is 4. The van der Waals surface area contributed by atoms with Crippen LogP contribution in [0.3, 0.4) is 0 Å². The second kappa shape index (κ2) is 10.7. The van der Waals surface area contributed by atoms with Gasteiger partial charge in [-0.1, -0.05) is 6.07 Å². The van der Waals surface area contributed by atoms with E-state index in [-0.39, 0.29) is 30.1 Å². The fraction of sp³-hybridized carbons (Fsp3) is 0.310. The van der Waals surface area contributed by atoms with E-state index in [2.05, 4.69) is 20.1 Å². The number of ether oxygens (including phenoxy) is 1. The van der Waals surface area contributed by atoms with Crippen LogP contribution in [-0.4, -0.2) is 47.6 Å². The zero-order valence-electron chi connectivity index (χ0n) is 22.3. The fourth-order valence-corrected chi connectivity index (χ4v) is 5.14. The molecule has 3 heterocycles. The first kappa shape index (κ1) is 27.3. The summed E-state index contributed by atoms with van der Waals surface area (Å²) in [6.45, 7) is 7.51. The van der Waals surface area contributed by atoms with Gasteiger partial charge in [0.25, 0.3) is 5.91 Å². The van der Waals surface area contributed by atoms with Gasteiger partial charge in [0.2, 0.25) is 0 Å². The van der Waals surface area contributed by atoms with Crippen molar-refractivity contribution in [3.05, 3.63) is 89.0 Å². The number of piperazine rings is 1. The number of benzene rings is 2. The van der Waals surface area contributed by atoms with Crippen LogP contribution in [-0.2, 0) is 6.54 Å². The van der Waals surface area contributed by atoms with Gasteiger partial charge in [0, 0.05) is 44.1 Å². The summed E-state index contributed by atoms with van der Waals surface area (Å²) >= 11 is 0. The fourth-order valence-electron chi connectivity index (χ4n) is 5.14. The summed E-state index contributed by atoms with van der Waals surface area (Å²) in [7, 11) is 0. The molecule has 2 aromatic heterocycles. The largest absolute Gasteiger partial charge is 0.573 e. The summed E-state index contributed by atoms with van der Waals surface area (Å²) < 4.78 is 58.1. The van der Waals surface area contributed by atoms with Crippen LogP contribution < -0.4 is 19.9 Å². The normalized spacial score (nSPS) is 15.9. The van der Waals surface area contributed by atoms with Gasteiger partial charge in [-0.25, -0.2) is 8.91 Å². The minimum Gasteiger partial charge on any atom is -0.406 e. The molecule has 0 bridgehead atoms. The highest BCUT2D eigenvalue weighted by Crippen LogP contribution is 2.29. The molecule has 1 N–H and O–H groups in total. The van der Waals surface area contributed by atoms with Crippen molar-refractivity contribution in [1.29, 1.82) is 0 Å². The third kappa shape index (κ3) is 5.83. The number of rotatable bonds is 6. The monoisotopic (exact) mass is 555 g/mol. The molecule has 5 rings (SSSR count). The predicted molar refractivity (Wildman–Crippen MR) is 144 cm³/mol. The Morgan fingerprint density at radius 1 is 1.07 bits per heavy atom. The van der Waals surface area contributed by atoms with Gasteiger partial charge < -0.3 is 19.9 Å². The second-order valence-electron chi connectivity index (χ2n) is 9.99. The highest BCUT2D eigenvalue weighted by atomic mass is 19.4. The quantitative estimate of drug-likeness (QED) is 0.313. The molecule has 0 saturated carbocycles. The molecule has 1 saturated heterocycles. The van der Waals surface area contributed by atoms with E-state index in [1.165, 1.54) is 18.2 Å². The Balaban J connectivity index is 1.21. The molecule has 0 radical (unpaired) electrons. The van der Waals surface area contributed by atoms with Gasteiger partial charge in [0.05, 0.1) is 22.5 Å². The Bertz CT molecular complexity index is 1530. The molecular weight excluding hydrogens is 526 g/mol. The number of alkyl halides is 3. The SMILES string of the molecule is Cc1ccn2nc(C)c(C(=O)NCc3ccc(N4CCN(c5ccc(OC(F)(F)F)cc5)[C@H](C)C4)c(F)c3)c2c1. The number of nitrogens with zero attached hydrogens (tertiary/aromatic N) is 4. The van der Waals surface area contributed by atoms with Crippen molar-refractivity contribution in [2.45, 2.75) is 39.7 Å². The Hall–Kier alpha value is -4.28. The third-order valence-corrected chi connectivity index (χ3v) is 7.03. The number of amides is 1. The van der Waals surface area contributed by atoms with E-state index in [4.69, 9.17) is 0 Å². The predicted octanol–water partition coefficient (Wildman–Crippen LogP) is 5.63. The minimum absolute atomic E-state index is 0.0146. The second-order valence-corrected chi connectivity index (χ2v) is 9.99. The Kier molecular flexibility index (Phi) is 7.31. The smallest absolute Gasteiger partial charge is 0.406 e. The zero-order valence-corrected chi connectivity index (χ0v) is 22.3. The average Bonchev–Trinajstić information content (AvgIpc) is 3.22. The van der Waals surface area contributed by atoms with Crippen LogP contribution in [0.5, 0.6) is 5.75 Å². The number of fused-ring (bicyclic) bond motifs is 1. The molecule has 40 heavy (non-hydrogen) atoms.